The third kappa shape index (κ3) is 3.84. The number of carbonyl (C=O) groups excluding carboxylic acids is 1. The summed E-state index contributed by atoms with van der Waals surface area (Å²) in [6.07, 6.45) is 1.93. The highest BCUT2D eigenvalue weighted by Gasteiger charge is 2.30. The summed E-state index contributed by atoms with van der Waals surface area (Å²) in [6.45, 7) is 5.06. The Morgan fingerprint density at radius 2 is 1.88 bits per heavy atom. The van der Waals surface area contributed by atoms with Gasteiger partial charge in [-0.2, -0.15) is 0 Å². The lowest BCUT2D eigenvalue weighted by molar-refractivity contribution is -0.0893. The lowest BCUT2D eigenvalue weighted by Crippen LogP contribution is -2.62. The monoisotopic (exact) mass is 277 g/mol. The molecule has 0 aromatic rings. The van der Waals surface area contributed by atoms with Crippen LogP contribution in [0.3, 0.4) is 0 Å². The minimum absolute atomic E-state index is 0.352. The van der Waals surface area contributed by atoms with Crippen LogP contribution in [0.2, 0.25) is 0 Å². The molecule has 2 rings (SSSR count). The van der Waals surface area contributed by atoms with Gasteiger partial charge in [-0.25, -0.2) is 4.31 Å². The van der Waals surface area contributed by atoms with Crippen LogP contribution < -0.4 is 5.73 Å². The molecule has 2 fully saturated rings. The summed E-state index contributed by atoms with van der Waals surface area (Å²) in [5, 5.41) is -0.352. The summed E-state index contributed by atoms with van der Waals surface area (Å²) in [5.74, 6) is 0. The summed E-state index contributed by atoms with van der Waals surface area (Å²) in [6, 6.07) is 0. The molecule has 0 saturated carbocycles. The third-order valence-electron chi connectivity index (χ3n) is 2.59. The molecule has 0 aromatic carbocycles. The van der Waals surface area contributed by atoms with Crippen molar-refractivity contribution in [2.45, 2.75) is 0 Å². The van der Waals surface area contributed by atoms with Crippen LogP contribution in [0.4, 0.5) is 4.79 Å². The van der Waals surface area contributed by atoms with Crippen molar-refractivity contribution in [3.63, 3.8) is 0 Å². The standard InChI is InChI=1S/C9H16ClN5OS/c10-2-1-3-12-4-13-6-14(5-12)8-15(7-13)17-9(11)16/h1-2H,3-8H2,(H2,11,16). The molecule has 0 radical (unpaired) electrons. The van der Waals surface area contributed by atoms with E-state index < -0.39 is 0 Å². The number of carbonyl (C=O) groups is 1. The van der Waals surface area contributed by atoms with Crippen molar-refractivity contribution in [1.29, 1.82) is 0 Å². The smallest absolute Gasteiger partial charge is 0.291 e. The highest BCUT2D eigenvalue weighted by Crippen LogP contribution is 2.20. The van der Waals surface area contributed by atoms with Gasteiger partial charge >= 0.3 is 0 Å². The Hall–Kier alpha value is -0.310. The molecule has 17 heavy (non-hydrogen) atoms. The van der Waals surface area contributed by atoms with Crippen molar-refractivity contribution < 1.29 is 4.79 Å². The maximum Gasteiger partial charge on any atom is 0.291 e. The minimum Gasteiger partial charge on any atom is -0.359 e. The van der Waals surface area contributed by atoms with Crippen LogP contribution in [0.25, 0.3) is 0 Å². The predicted octanol–water partition coefficient (Wildman–Crippen LogP) is 0.488. The van der Waals surface area contributed by atoms with Crippen LogP contribution in [-0.4, -0.2) is 64.1 Å². The van der Waals surface area contributed by atoms with Gasteiger partial charge in [0, 0.05) is 24.0 Å². The van der Waals surface area contributed by atoms with Gasteiger partial charge in [0.15, 0.2) is 0 Å². The van der Waals surface area contributed by atoms with Gasteiger partial charge < -0.3 is 5.73 Å². The van der Waals surface area contributed by atoms with E-state index in [0.717, 1.165) is 51.8 Å². The van der Waals surface area contributed by atoms with Gasteiger partial charge in [0.05, 0.1) is 33.3 Å². The fourth-order valence-electron chi connectivity index (χ4n) is 2.14. The van der Waals surface area contributed by atoms with Gasteiger partial charge in [-0.3, -0.25) is 19.5 Å². The predicted molar refractivity (Wildman–Crippen MR) is 68.7 cm³/mol. The van der Waals surface area contributed by atoms with Crippen LogP contribution in [0, 0.1) is 0 Å². The van der Waals surface area contributed by atoms with Crippen LogP contribution >= 0.6 is 23.5 Å². The van der Waals surface area contributed by atoms with E-state index in [1.54, 1.807) is 5.54 Å². The van der Waals surface area contributed by atoms with Crippen molar-refractivity contribution in [2.24, 2.45) is 5.73 Å². The molecule has 2 unspecified atom stereocenters. The first-order chi connectivity index (χ1) is 8.17. The molecular formula is C9H16ClN5OS. The number of nitrogens with zero attached hydrogens (tertiary/aromatic N) is 4. The summed E-state index contributed by atoms with van der Waals surface area (Å²) in [7, 11) is 0. The Morgan fingerprint density at radius 3 is 2.41 bits per heavy atom. The number of rotatable bonds is 3. The average Bonchev–Trinajstić information content (AvgIpc) is 2.24. The molecule has 0 aliphatic carbocycles. The maximum absolute atomic E-state index is 10.9. The number of nitrogens with two attached hydrogens (primary N) is 1. The van der Waals surface area contributed by atoms with Crippen LogP contribution in [0.1, 0.15) is 0 Å². The topological polar surface area (TPSA) is 56.1 Å². The average molecular weight is 278 g/mol. The number of fused-ring (bicyclic) bond motifs is 2. The molecule has 2 aliphatic heterocycles. The molecule has 0 aromatic heterocycles. The molecule has 0 spiro atoms. The fourth-order valence-corrected chi connectivity index (χ4v) is 2.92. The van der Waals surface area contributed by atoms with Gasteiger partial charge in [-0.1, -0.05) is 17.7 Å². The second-order valence-corrected chi connectivity index (χ2v) is 5.51. The largest absolute Gasteiger partial charge is 0.359 e. The molecule has 2 aliphatic rings. The van der Waals surface area contributed by atoms with Gasteiger partial charge in [-0.05, 0) is 0 Å². The number of primary amides is 1. The normalized spacial score (nSPS) is 30.9. The Kier molecular flexibility index (Phi) is 4.66. The number of hydrogen-bond acceptors (Lipinski definition) is 6. The fraction of sp³-hybridized carbons (Fsp3) is 0.667. The number of amides is 1. The zero-order chi connectivity index (χ0) is 12.3. The highest BCUT2D eigenvalue weighted by molar-refractivity contribution is 8.11. The molecule has 96 valence electrons. The van der Waals surface area contributed by atoms with Crippen molar-refractivity contribution in [2.75, 3.05) is 39.9 Å². The van der Waals surface area contributed by atoms with Crippen LogP contribution in [0.15, 0.2) is 11.6 Å². The van der Waals surface area contributed by atoms with E-state index in [4.69, 9.17) is 17.3 Å². The second kappa shape index (κ2) is 6.03. The SMILES string of the molecule is NC(=O)SN1CN2CN(CC=CCl)CN(C2)C1. The van der Waals surface area contributed by atoms with Crippen molar-refractivity contribution >= 4 is 28.8 Å². The molecule has 6 nitrogen and oxygen atoms in total. The first kappa shape index (κ1) is 13.1. The number of hydrogen-bond donors (Lipinski definition) is 1. The molecule has 2 N–H and O–H groups in total. The van der Waals surface area contributed by atoms with Crippen LogP contribution in [-0.2, 0) is 0 Å². The molecule has 2 bridgehead atoms. The van der Waals surface area contributed by atoms with E-state index in [9.17, 15) is 4.79 Å². The van der Waals surface area contributed by atoms with E-state index >= 15 is 0 Å². The van der Waals surface area contributed by atoms with Gasteiger partial charge in [-0.15, -0.1) is 0 Å². The van der Waals surface area contributed by atoms with E-state index in [0.29, 0.717) is 0 Å². The zero-order valence-electron chi connectivity index (χ0n) is 9.46. The molecule has 2 heterocycles. The van der Waals surface area contributed by atoms with Crippen molar-refractivity contribution in [1.82, 2.24) is 19.0 Å². The van der Waals surface area contributed by atoms with Gasteiger partial charge in [0.25, 0.3) is 5.24 Å². The molecular weight excluding hydrogens is 262 g/mol. The Labute approximate surface area is 110 Å². The first-order valence-electron chi connectivity index (χ1n) is 5.32. The lowest BCUT2D eigenvalue weighted by Gasteiger charge is -2.48. The van der Waals surface area contributed by atoms with Gasteiger partial charge in [0.2, 0.25) is 0 Å². The minimum atomic E-state index is -0.352. The summed E-state index contributed by atoms with van der Waals surface area (Å²) in [5.41, 5.74) is 6.72. The lowest BCUT2D eigenvalue weighted by atomic mass is 10.4. The summed E-state index contributed by atoms with van der Waals surface area (Å²) in [4.78, 5) is 17.7. The summed E-state index contributed by atoms with van der Waals surface area (Å²) >= 11 is 6.61. The van der Waals surface area contributed by atoms with E-state index in [2.05, 4.69) is 14.7 Å². The Bertz CT molecular complexity index is 302. The second-order valence-electron chi connectivity index (χ2n) is 4.16. The van der Waals surface area contributed by atoms with Crippen molar-refractivity contribution in [3.05, 3.63) is 11.6 Å². The maximum atomic E-state index is 10.9. The van der Waals surface area contributed by atoms with E-state index in [1.165, 1.54) is 0 Å². The van der Waals surface area contributed by atoms with E-state index in [1.807, 2.05) is 10.4 Å². The van der Waals surface area contributed by atoms with Crippen molar-refractivity contribution in [3.8, 4) is 0 Å². The Morgan fingerprint density at radius 1 is 1.24 bits per heavy atom. The molecule has 2 saturated heterocycles. The first-order valence-corrected chi connectivity index (χ1v) is 6.53. The zero-order valence-corrected chi connectivity index (χ0v) is 11.0. The molecule has 8 heteroatoms. The van der Waals surface area contributed by atoms with E-state index in [-0.39, 0.29) is 5.24 Å². The number of halogens is 1. The van der Waals surface area contributed by atoms with Crippen LogP contribution in [0.5, 0.6) is 0 Å². The van der Waals surface area contributed by atoms with Gasteiger partial charge in [0.1, 0.15) is 0 Å². The Balaban J connectivity index is 1.86. The summed E-state index contributed by atoms with van der Waals surface area (Å²) < 4.78 is 1.97. The quantitative estimate of drug-likeness (QED) is 0.758. The third-order valence-corrected chi connectivity index (χ3v) is 3.43. The highest BCUT2D eigenvalue weighted by atomic mass is 35.5. The molecule has 2 atom stereocenters. The molecule has 1 amide bonds.